The Bertz CT molecular complexity index is 401. The molecule has 1 fully saturated rings. The maximum Gasteiger partial charge on any atom is 0.0892 e. The first-order valence-corrected chi connectivity index (χ1v) is 6.58. The van der Waals surface area contributed by atoms with Gasteiger partial charge in [-0.2, -0.15) is 0 Å². The smallest absolute Gasteiger partial charge is 0.0892 e. The topological polar surface area (TPSA) is 57.4 Å². The van der Waals surface area contributed by atoms with Gasteiger partial charge in [-0.05, 0) is 44.2 Å². The molecule has 0 aromatic carbocycles. The van der Waals surface area contributed by atoms with Crippen LogP contribution in [0, 0.1) is 13.8 Å². The van der Waals surface area contributed by atoms with E-state index in [-0.39, 0.29) is 6.10 Å². The van der Waals surface area contributed by atoms with Crippen LogP contribution in [-0.2, 0) is 16.1 Å². The minimum absolute atomic E-state index is 0.252. The molecule has 100 valence electrons. The van der Waals surface area contributed by atoms with Gasteiger partial charge >= 0.3 is 0 Å². The highest BCUT2D eigenvalue weighted by Gasteiger charge is 2.14. The normalized spacial score (nSPS) is 20.0. The number of rotatable bonds is 4. The van der Waals surface area contributed by atoms with Crippen molar-refractivity contribution in [3.8, 4) is 0 Å². The summed E-state index contributed by atoms with van der Waals surface area (Å²) in [6, 6.07) is 0. The molecule has 0 spiro atoms. The third-order valence-electron chi connectivity index (χ3n) is 3.49. The van der Waals surface area contributed by atoms with Gasteiger partial charge in [-0.3, -0.25) is 4.98 Å². The predicted octanol–water partition coefficient (Wildman–Crippen LogP) is 2.37. The van der Waals surface area contributed by atoms with Gasteiger partial charge in [0.15, 0.2) is 0 Å². The summed E-state index contributed by atoms with van der Waals surface area (Å²) < 4.78 is 11.3. The fourth-order valence-corrected chi connectivity index (χ4v) is 2.16. The van der Waals surface area contributed by atoms with Crippen LogP contribution in [0.4, 0.5) is 5.69 Å². The summed E-state index contributed by atoms with van der Waals surface area (Å²) in [7, 11) is 0. The van der Waals surface area contributed by atoms with Crippen LogP contribution in [-0.4, -0.2) is 24.3 Å². The van der Waals surface area contributed by atoms with Crippen molar-refractivity contribution in [3.63, 3.8) is 0 Å². The van der Waals surface area contributed by atoms with E-state index in [4.69, 9.17) is 15.2 Å². The van der Waals surface area contributed by atoms with Crippen molar-refractivity contribution in [3.05, 3.63) is 23.0 Å². The highest BCUT2D eigenvalue weighted by molar-refractivity contribution is 5.53. The first kappa shape index (κ1) is 13.3. The summed E-state index contributed by atoms with van der Waals surface area (Å²) in [6.07, 6.45) is 5.57. The lowest BCUT2D eigenvalue weighted by Crippen LogP contribution is -2.24. The van der Waals surface area contributed by atoms with Gasteiger partial charge in [0.1, 0.15) is 0 Å². The minimum atomic E-state index is 0.252. The quantitative estimate of drug-likeness (QED) is 0.891. The Kier molecular flexibility index (Phi) is 4.55. The summed E-state index contributed by atoms with van der Waals surface area (Å²) in [6.45, 7) is 5.98. The van der Waals surface area contributed by atoms with E-state index in [2.05, 4.69) is 4.98 Å². The van der Waals surface area contributed by atoms with E-state index in [9.17, 15) is 0 Å². The van der Waals surface area contributed by atoms with Crippen LogP contribution >= 0.6 is 0 Å². The van der Waals surface area contributed by atoms with Gasteiger partial charge in [-0.1, -0.05) is 0 Å². The predicted molar refractivity (Wildman–Crippen MR) is 71.4 cm³/mol. The summed E-state index contributed by atoms with van der Waals surface area (Å²) in [5.74, 6) is 0. The molecule has 4 nitrogen and oxygen atoms in total. The summed E-state index contributed by atoms with van der Waals surface area (Å²) in [5, 5.41) is 0. The standard InChI is InChI=1S/C14H22N2O2/c1-10-7-16-13(11(2)14(10)15)9-17-8-12-5-3-4-6-18-12/h7,12H,3-6,8-9H2,1-2H3,(H2,15,16). The molecule has 1 aliphatic heterocycles. The second-order valence-corrected chi connectivity index (χ2v) is 4.93. The molecule has 1 aliphatic rings. The molecule has 1 unspecified atom stereocenters. The molecule has 0 saturated carbocycles. The Morgan fingerprint density at radius 3 is 3.00 bits per heavy atom. The summed E-state index contributed by atoms with van der Waals surface area (Å²) >= 11 is 0. The monoisotopic (exact) mass is 250 g/mol. The van der Waals surface area contributed by atoms with E-state index < -0.39 is 0 Å². The molecular weight excluding hydrogens is 228 g/mol. The summed E-state index contributed by atoms with van der Waals surface area (Å²) in [4.78, 5) is 4.38. The Labute approximate surface area is 108 Å². The third kappa shape index (κ3) is 3.21. The second kappa shape index (κ2) is 6.16. The molecule has 2 N–H and O–H groups in total. The van der Waals surface area contributed by atoms with Gasteiger partial charge in [0.05, 0.1) is 25.0 Å². The Hall–Kier alpha value is -1.13. The fraction of sp³-hybridized carbons (Fsp3) is 0.643. The van der Waals surface area contributed by atoms with E-state index in [1.54, 1.807) is 6.20 Å². The zero-order valence-electron chi connectivity index (χ0n) is 11.2. The van der Waals surface area contributed by atoms with Crippen molar-refractivity contribution in [1.29, 1.82) is 0 Å². The van der Waals surface area contributed by atoms with E-state index in [1.807, 2.05) is 13.8 Å². The third-order valence-corrected chi connectivity index (χ3v) is 3.49. The number of hydrogen-bond acceptors (Lipinski definition) is 4. The Morgan fingerprint density at radius 2 is 2.28 bits per heavy atom. The van der Waals surface area contributed by atoms with Crippen LogP contribution in [0.1, 0.15) is 36.1 Å². The van der Waals surface area contributed by atoms with Crippen LogP contribution < -0.4 is 5.73 Å². The molecule has 4 heteroatoms. The Morgan fingerprint density at radius 1 is 1.44 bits per heavy atom. The van der Waals surface area contributed by atoms with E-state index in [0.29, 0.717) is 13.2 Å². The van der Waals surface area contributed by atoms with Gasteiger partial charge in [-0.25, -0.2) is 0 Å². The molecule has 0 amide bonds. The molecule has 1 aromatic rings. The van der Waals surface area contributed by atoms with Crippen LogP contribution in [0.25, 0.3) is 0 Å². The number of nitrogens with zero attached hydrogens (tertiary/aromatic N) is 1. The molecule has 1 saturated heterocycles. The maximum absolute atomic E-state index is 5.98. The van der Waals surface area contributed by atoms with Crippen molar-refractivity contribution in [2.24, 2.45) is 0 Å². The lowest BCUT2D eigenvalue weighted by atomic mass is 10.1. The molecule has 0 bridgehead atoms. The van der Waals surface area contributed by atoms with Crippen LogP contribution in [0.2, 0.25) is 0 Å². The molecule has 1 aromatic heterocycles. The first-order chi connectivity index (χ1) is 8.68. The van der Waals surface area contributed by atoms with Gasteiger partial charge in [0.25, 0.3) is 0 Å². The molecule has 0 radical (unpaired) electrons. The average molecular weight is 250 g/mol. The van der Waals surface area contributed by atoms with E-state index in [1.165, 1.54) is 12.8 Å². The molecule has 1 atom stereocenters. The zero-order chi connectivity index (χ0) is 13.0. The largest absolute Gasteiger partial charge is 0.398 e. The lowest BCUT2D eigenvalue weighted by Gasteiger charge is -2.22. The maximum atomic E-state index is 5.98. The average Bonchev–Trinajstić information content (AvgIpc) is 2.40. The van der Waals surface area contributed by atoms with Crippen LogP contribution in [0.3, 0.4) is 0 Å². The van der Waals surface area contributed by atoms with E-state index in [0.717, 1.165) is 35.5 Å². The van der Waals surface area contributed by atoms with Crippen molar-refractivity contribution < 1.29 is 9.47 Å². The lowest BCUT2D eigenvalue weighted by molar-refractivity contribution is -0.0453. The number of ether oxygens (including phenoxy) is 2. The number of anilines is 1. The number of hydrogen-bond donors (Lipinski definition) is 1. The summed E-state index contributed by atoms with van der Waals surface area (Å²) in [5.41, 5.74) is 9.77. The molecule has 2 heterocycles. The van der Waals surface area contributed by atoms with Gasteiger partial charge in [0, 0.05) is 18.5 Å². The minimum Gasteiger partial charge on any atom is -0.398 e. The van der Waals surface area contributed by atoms with Gasteiger partial charge < -0.3 is 15.2 Å². The van der Waals surface area contributed by atoms with Gasteiger partial charge in [-0.15, -0.1) is 0 Å². The van der Waals surface area contributed by atoms with Gasteiger partial charge in [0.2, 0.25) is 0 Å². The Balaban J connectivity index is 1.84. The number of pyridine rings is 1. The molecule has 2 rings (SSSR count). The molecular formula is C14H22N2O2. The number of aromatic nitrogens is 1. The van der Waals surface area contributed by atoms with Crippen LogP contribution in [0.5, 0.6) is 0 Å². The van der Waals surface area contributed by atoms with E-state index >= 15 is 0 Å². The second-order valence-electron chi connectivity index (χ2n) is 4.93. The highest BCUT2D eigenvalue weighted by atomic mass is 16.5. The molecule has 18 heavy (non-hydrogen) atoms. The van der Waals surface area contributed by atoms with Crippen molar-refractivity contribution in [1.82, 2.24) is 4.98 Å². The zero-order valence-corrected chi connectivity index (χ0v) is 11.2. The number of nitrogens with two attached hydrogens (primary N) is 1. The fourth-order valence-electron chi connectivity index (χ4n) is 2.16. The van der Waals surface area contributed by atoms with Crippen LogP contribution in [0.15, 0.2) is 6.20 Å². The first-order valence-electron chi connectivity index (χ1n) is 6.58. The highest BCUT2D eigenvalue weighted by Crippen LogP contribution is 2.19. The van der Waals surface area contributed by atoms with Crippen molar-refractivity contribution >= 4 is 5.69 Å². The number of nitrogen functional groups attached to an aromatic ring is 1. The SMILES string of the molecule is Cc1cnc(COCC2CCCCO2)c(C)c1N. The van der Waals surface area contributed by atoms with Crippen molar-refractivity contribution in [2.45, 2.75) is 45.8 Å². The number of aryl methyl sites for hydroxylation is 1. The molecule has 0 aliphatic carbocycles. The van der Waals surface area contributed by atoms with Crippen molar-refractivity contribution in [2.75, 3.05) is 18.9 Å².